The van der Waals surface area contributed by atoms with Crippen LogP contribution in [0, 0.1) is 24.5 Å². The summed E-state index contributed by atoms with van der Waals surface area (Å²) in [7, 11) is 0. The highest BCUT2D eigenvalue weighted by atomic mass is 19.1. The number of aryl methyl sites for hydroxylation is 1. The molecule has 19 heavy (non-hydrogen) atoms. The second kappa shape index (κ2) is 5.65. The monoisotopic (exact) mass is 268 g/mol. The molecule has 1 fully saturated rings. The summed E-state index contributed by atoms with van der Waals surface area (Å²) in [5.74, 6) is -1.54. The van der Waals surface area contributed by atoms with Crippen molar-refractivity contribution in [3.05, 3.63) is 34.9 Å². The van der Waals surface area contributed by atoms with Gasteiger partial charge in [0.1, 0.15) is 11.6 Å². The fraction of sp³-hybridized carbons (Fsp3) is 0.500. The molecule has 104 valence electrons. The van der Waals surface area contributed by atoms with Gasteiger partial charge in [0.15, 0.2) is 0 Å². The third kappa shape index (κ3) is 2.92. The number of hydrogen-bond donors (Lipinski definition) is 1. The Bertz CT molecular complexity index is 491. The van der Waals surface area contributed by atoms with Crippen molar-refractivity contribution in [2.75, 3.05) is 19.6 Å². The van der Waals surface area contributed by atoms with E-state index in [0.717, 1.165) is 18.9 Å². The second-order valence-corrected chi connectivity index (χ2v) is 5.08. The number of likely N-dealkylation sites (tertiary alicyclic amines) is 1. The lowest BCUT2D eigenvalue weighted by atomic mass is 9.97. The van der Waals surface area contributed by atoms with Crippen LogP contribution in [-0.2, 0) is 0 Å². The van der Waals surface area contributed by atoms with Gasteiger partial charge in [0, 0.05) is 19.2 Å². The van der Waals surface area contributed by atoms with E-state index in [0.29, 0.717) is 19.6 Å². The minimum absolute atomic E-state index is 0.0587. The van der Waals surface area contributed by atoms with Crippen LogP contribution in [0.15, 0.2) is 12.1 Å². The highest BCUT2D eigenvalue weighted by molar-refractivity contribution is 5.94. The lowest BCUT2D eigenvalue weighted by Crippen LogP contribution is -2.42. The van der Waals surface area contributed by atoms with Crippen LogP contribution in [0.1, 0.15) is 28.8 Å². The first-order valence-corrected chi connectivity index (χ1v) is 6.48. The average Bonchev–Trinajstić information content (AvgIpc) is 2.42. The predicted octanol–water partition coefficient (Wildman–Crippen LogP) is 2.08. The van der Waals surface area contributed by atoms with Crippen LogP contribution in [0.25, 0.3) is 0 Å². The molecule has 3 nitrogen and oxygen atoms in total. The fourth-order valence-corrected chi connectivity index (χ4v) is 2.43. The van der Waals surface area contributed by atoms with E-state index in [9.17, 15) is 13.6 Å². The lowest BCUT2D eigenvalue weighted by molar-refractivity contribution is 0.0673. The van der Waals surface area contributed by atoms with Crippen LogP contribution in [0.4, 0.5) is 8.78 Å². The van der Waals surface area contributed by atoms with Crippen molar-refractivity contribution >= 4 is 5.91 Å². The number of nitrogens with two attached hydrogens (primary N) is 1. The van der Waals surface area contributed by atoms with E-state index in [4.69, 9.17) is 5.73 Å². The SMILES string of the molecule is Cc1cc(C(=O)N2CCCC(CN)C2)c(F)cc1F. The molecule has 0 spiro atoms. The molecule has 1 aliphatic heterocycles. The van der Waals surface area contributed by atoms with Gasteiger partial charge < -0.3 is 10.6 Å². The standard InChI is InChI=1S/C14H18F2N2O/c1-9-5-11(13(16)6-12(9)15)14(19)18-4-2-3-10(7-17)8-18/h5-6,10H,2-4,7-8,17H2,1H3. The molecule has 2 rings (SSSR count). The summed E-state index contributed by atoms with van der Waals surface area (Å²) >= 11 is 0. The number of rotatable bonds is 2. The van der Waals surface area contributed by atoms with Gasteiger partial charge in [-0.15, -0.1) is 0 Å². The fourth-order valence-electron chi connectivity index (χ4n) is 2.43. The lowest BCUT2D eigenvalue weighted by Gasteiger charge is -2.32. The molecule has 0 bridgehead atoms. The van der Waals surface area contributed by atoms with E-state index in [1.807, 2.05) is 0 Å². The maximum atomic E-state index is 13.7. The molecule has 1 aromatic carbocycles. The number of halogens is 2. The van der Waals surface area contributed by atoms with E-state index in [-0.39, 0.29) is 23.0 Å². The van der Waals surface area contributed by atoms with Crippen molar-refractivity contribution in [3.63, 3.8) is 0 Å². The van der Waals surface area contributed by atoms with Gasteiger partial charge in [-0.25, -0.2) is 8.78 Å². The zero-order valence-corrected chi connectivity index (χ0v) is 11.0. The molecule has 0 aliphatic carbocycles. The maximum Gasteiger partial charge on any atom is 0.256 e. The number of hydrogen-bond acceptors (Lipinski definition) is 2. The first-order chi connectivity index (χ1) is 9.02. The normalized spacial score (nSPS) is 19.6. The summed E-state index contributed by atoms with van der Waals surface area (Å²) in [5.41, 5.74) is 5.83. The Morgan fingerprint density at radius 2 is 2.16 bits per heavy atom. The molecule has 1 unspecified atom stereocenters. The molecule has 0 saturated carbocycles. The van der Waals surface area contributed by atoms with Gasteiger partial charge in [-0.2, -0.15) is 0 Å². The smallest absolute Gasteiger partial charge is 0.256 e. The van der Waals surface area contributed by atoms with Crippen LogP contribution in [-0.4, -0.2) is 30.4 Å². The number of carbonyl (C=O) groups is 1. The number of amides is 1. The van der Waals surface area contributed by atoms with Gasteiger partial charge in [0.2, 0.25) is 0 Å². The van der Waals surface area contributed by atoms with Crippen LogP contribution >= 0.6 is 0 Å². The van der Waals surface area contributed by atoms with Crippen molar-refractivity contribution in [3.8, 4) is 0 Å². The van der Waals surface area contributed by atoms with Crippen LogP contribution < -0.4 is 5.73 Å². The number of piperidine rings is 1. The molecular weight excluding hydrogens is 250 g/mol. The van der Waals surface area contributed by atoms with E-state index in [2.05, 4.69) is 0 Å². The Hall–Kier alpha value is -1.49. The van der Waals surface area contributed by atoms with Crippen molar-refractivity contribution in [1.82, 2.24) is 4.90 Å². The van der Waals surface area contributed by atoms with E-state index >= 15 is 0 Å². The predicted molar refractivity (Wildman–Crippen MR) is 68.8 cm³/mol. The van der Waals surface area contributed by atoms with Crippen molar-refractivity contribution in [1.29, 1.82) is 0 Å². The molecular formula is C14H18F2N2O. The van der Waals surface area contributed by atoms with Gasteiger partial charge in [0.25, 0.3) is 5.91 Å². The molecule has 1 aromatic rings. The Morgan fingerprint density at radius 1 is 1.42 bits per heavy atom. The van der Waals surface area contributed by atoms with Crippen LogP contribution in [0.2, 0.25) is 0 Å². The Kier molecular flexibility index (Phi) is 4.14. The largest absolute Gasteiger partial charge is 0.338 e. The number of carbonyl (C=O) groups excluding carboxylic acids is 1. The Labute approximate surface area is 111 Å². The van der Waals surface area contributed by atoms with Crippen molar-refractivity contribution < 1.29 is 13.6 Å². The molecule has 0 aromatic heterocycles. The minimum Gasteiger partial charge on any atom is -0.338 e. The summed E-state index contributed by atoms with van der Waals surface area (Å²) in [5, 5.41) is 0. The Morgan fingerprint density at radius 3 is 2.84 bits per heavy atom. The minimum atomic E-state index is -0.803. The van der Waals surface area contributed by atoms with E-state index < -0.39 is 11.6 Å². The zero-order chi connectivity index (χ0) is 14.0. The Balaban J connectivity index is 2.22. The number of benzene rings is 1. The summed E-state index contributed by atoms with van der Waals surface area (Å²) in [6, 6.07) is 2.05. The van der Waals surface area contributed by atoms with Crippen LogP contribution in [0.5, 0.6) is 0 Å². The molecule has 1 atom stereocenters. The molecule has 5 heteroatoms. The third-order valence-corrected chi connectivity index (χ3v) is 3.62. The highest BCUT2D eigenvalue weighted by Crippen LogP contribution is 2.20. The molecule has 2 N–H and O–H groups in total. The molecule has 1 saturated heterocycles. The van der Waals surface area contributed by atoms with Gasteiger partial charge in [-0.1, -0.05) is 0 Å². The van der Waals surface area contributed by atoms with Gasteiger partial charge >= 0.3 is 0 Å². The summed E-state index contributed by atoms with van der Waals surface area (Å²) in [4.78, 5) is 13.9. The summed E-state index contributed by atoms with van der Waals surface area (Å²) in [6.45, 7) is 3.19. The van der Waals surface area contributed by atoms with Crippen LogP contribution in [0.3, 0.4) is 0 Å². The molecule has 1 amide bonds. The first kappa shape index (κ1) is 13.9. The van der Waals surface area contributed by atoms with E-state index in [1.54, 1.807) is 4.90 Å². The highest BCUT2D eigenvalue weighted by Gasteiger charge is 2.25. The van der Waals surface area contributed by atoms with E-state index in [1.165, 1.54) is 13.0 Å². The first-order valence-electron chi connectivity index (χ1n) is 6.48. The zero-order valence-electron chi connectivity index (χ0n) is 11.0. The van der Waals surface area contributed by atoms with Gasteiger partial charge in [-0.3, -0.25) is 4.79 Å². The number of nitrogens with zero attached hydrogens (tertiary/aromatic N) is 1. The summed E-state index contributed by atoms with van der Waals surface area (Å²) in [6.07, 6.45) is 1.86. The molecule has 1 heterocycles. The average molecular weight is 268 g/mol. The maximum absolute atomic E-state index is 13.7. The molecule has 1 aliphatic rings. The topological polar surface area (TPSA) is 46.3 Å². The van der Waals surface area contributed by atoms with Gasteiger partial charge in [-0.05, 0) is 43.9 Å². The van der Waals surface area contributed by atoms with Crippen molar-refractivity contribution in [2.45, 2.75) is 19.8 Å². The van der Waals surface area contributed by atoms with Gasteiger partial charge in [0.05, 0.1) is 5.56 Å². The summed E-state index contributed by atoms with van der Waals surface area (Å²) < 4.78 is 26.9. The third-order valence-electron chi connectivity index (χ3n) is 3.62. The van der Waals surface area contributed by atoms with Crippen molar-refractivity contribution in [2.24, 2.45) is 11.7 Å². The quantitative estimate of drug-likeness (QED) is 0.892. The second-order valence-electron chi connectivity index (χ2n) is 5.08. The molecule has 0 radical (unpaired) electrons.